The first-order chi connectivity index (χ1) is 10.2. The average Bonchev–Trinajstić information content (AvgIpc) is 2.43. The van der Waals surface area contributed by atoms with Crippen molar-refractivity contribution in [2.24, 2.45) is 0 Å². The number of rotatable bonds is 4. The van der Waals surface area contributed by atoms with E-state index in [1.165, 1.54) is 6.42 Å². The van der Waals surface area contributed by atoms with Crippen molar-refractivity contribution in [2.75, 3.05) is 11.9 Å². The van der Waals surface area contributed by atoms with Gasteiger partial charge in [-0.15, -0.1) is 0 Å². The summed E-state index contributed by atoms with van der Waals surface area (Å²) in [6.07, 6.45) is 3.51. The topological polar surface area (TPSA) is 20.3 Å². The third-order valence-corrected chi connectivity index (χ3v) is 5.00. The summed E-state index contributed by atoms with van der Waals surface area (Å²) in [5.74, 6) is 0.156. The second-order valence-electron chi connectivity index (χ2n) is 5.48. The van der Waals surface area contributed by atoms with Gasteiger partial charge in [0.25, 0.3) is 5.91 Å². The zero-order valence-electron chi connectivity index (χ0n) is 11.7. The van der Waals surface area contributed by atoms with Gasteiger partial charge in [-0.3, -0.25) is 4.79 Å². The summed E-state index contributed by atoms with van der Waals surface area (Å²) in [4.78, 5) is 14.8. The van der Waals surface area contributed by atoms with Gasteiger partial charge in [-0.1, -0.05) is 44.0 Å². The molecule has 0 bridgehead atoms. The van der Waals surface area contributed by atoms with Crippen molar-refractivity contribution in [3.8, 4) is 0 Å². The van der Waals surface area contributed by atoms with Crippen molar-refractivity contribution >= 4 is 48.5 Å². The van der Waals surface area contributed by atoms with Crippen molar-refractivity contribution in [3.05, 3.63) is 46.4 Å². The molecular formula is C17H17Br2NO. The molecule has 0 atom stereocenters. The van der Waals surface area contributed by atoms with Gasteiger partial charge in [-0.2, -0.15) is 0 Å². The van der Waals surface area contributed by atoms with Crippen LogP contribution in [-0.4, -0.2) is 28.7 Å². The maximum absolute atomic E-state index is 12.8. The molecule has 1 aliphatic carbocycles. The SMILES string of the molecule is O=C(c1ccc2cc(Br)ccc2c1)N(CCBr)C1CCC1. The first-order valence-corrected chi connectivity index (χ1v) is 9.17. The Kier molecular flexibility index (Phi) is 4.65. The second kappa shape index (κ2) is 6.49. The highest BCUT2D eigenvalue weighted by Gasteiger charge is 2.28. The molecule has 1 amide bonds. The lowest BCUT2D eigenvalue weighted by Crippen LogP contribution is -2.45. The molecule has 110 valence electrons. The van der Waals surface area contributed by atoms with Crippen LogP contribution < -0.4 is 0 Å². The summed E-state index contributed by atoms with van der Waals surface area (Å²) < 4.78 is 1.06. The highest BCUT2D eigenvalue weighted by molar-refractivity contribution is 9.10. The minimum atomic E-state index is 0.156. The number of fused-ring (bicyclic) bond motifs is 1. The van der Waals surface area contributed by atoms with E-state index in [0.717, 1.165) is 45.5 Å². The smallest absolute Gasteiger partial charge is 0.254 e. The van der Waals surface area contributed by atoms with Gasteiger partial charge in [0.05, 0.1) is 0 Å². The van der Waals surface area contributed by atoms with E-state index in [4.69, 9.17) is 0 Å². The largest absolute Gasteiger partial charge is 0.335 e. The first kappa shape index (κ1) is 15.0. The zero-order valence-corrected chi connectivity index (χ0v) is 14.9. The van der Waals surface area contributed by atoms with Gasteiger partial charge < -0.3 is 4.90 Å². The fourth-order valence-corrected chi connectivity index (χ4v) is 3.52. The number of carbonyl (C=O) groups excluding carboxylic acids is 1. The molecule has 2 aromatic carbocycles. The van der Waals surface area contributed by atoms with Crippen molar-refractivity contribution < 1.29 is 4.79 Å². The number of halogens is 2. The summed E-state index contributed by atoms with van der Waals surface area (Å²) in [7, 11) is 0. The molecule has 1 aliphatic rings. The number of nitrogens with zero attached hydrogens (tertiary/aromatic N) is 1. The molecule has 4 heteroatoms. The Balaban J connectivity index is 1.90. The molecule has 0 saturated heterocycles. The molecule has 0 spiro atoms. The minimum Gasteiger partial charge on any atom is -0.335 e. The average molecular weight is 411 g/mol. The zero-order chi connectivity index (χ0) is 14.8. The Bertz CT molecular complexity index is 667. The van der Waals surface area contributed by atoms with E-state index in [2.05, 4.69) is 37.9 Å². The monoisotopic (exact) mass is 409 g/mol. The van der Waals surface area contributed by atoms with Crippen LogP contribution >= 0.6 is 31.9 Å². The maximum Gasteiger partial charge on any atom is 0.254 e. The summed E-state index contributed by atoms with van der Waals surface area (Å²) >= 11 is 6.94. The van der Waals surface area contributed by atoms with E-state index in [1.807, 2.05) is 35.2 Å². The summed E-state index contributed by atoms with van der Waals surface area (Å²) in [5, 5.41) is 3.09. The molecule has 3 rings (SSSR count). The van der Waals surface area contributed by atoms with Gasteiger partial charge in [0.2, 0.25) is 0 Å². The lowest BCUT2D eigenvalue weighted by Gasteiger charge is -2.37. The highest BCUT2D eigenvalue weighted by Crippen LogP contribution is 2.27. The van der Waals surface area contributed by atoms with E-state index >= 15 is 0 Å². The predicted molar refractivity (Wildman–Crippen MR) is 94.1 cm³/mol. The number of alkyl halides is 1. The van der Waals surface area contributed by atoms with Gasteiger partial charge in [-0.05, 0) is 54.3 Å². The fourth-order valence-electron chi connectivity index (χ4n) is 2.75. The number of carbonyl (C=O) groups is 1. The van der Waals surface area contributed by atoms with Crippen LogP contribution in [-0.2, 0) is 0 Å². The molecule has 2 aromatic rings. The molecule has 1 fully saturated rings. The van der Waals surface area contributed by atoms with Gasteiger partial charge in [0.15, 0.2) is 0 Å². The molecule has 0 aliphatic heterocycles. The lowest BCUT2D eigenvalue weighted by atomic mass is 9.91. The Morgan fingerprint density at radius 3 is 2.52 bits per heavy atom. The van der Waals surface area contributed by atoms with Crippen molar-refractivity contribution in [2.45, 2.75) is 25.3 Å². The Labute approximate surface area is 141 Å². The molecule has 2 nitrogen and oxygen atoms in total. The number of benzene rings is 2. The third-order valence-electron chi connectivity index (χ3n) is 4.15. The Morgan fingerprint density at radius 1 is 1.14 bits per heavy atom. The summed E-state index contributed by atoms with van der Waals surface area (Å²) in [6.45, 7) is 0.780. The molecule has 0 radical (unpaired) electrons. The summed E-state index contributed by atoms with van der Waals surface area (Å²) in [5.41, 5.74) is 0.790. The quantitative estimate of drug-likeness (QED) is 0.650. The van der Waals surface area contributed by atoms with Crippen molar-refractivity contribution in [1.82, 2.24) is 4.90 Å². The van der Waals surface area contributed by atoms with Crippen LogP contribution in [0.15, 0.2) is 40.9 Å². The molecule has 0 aromatic heterocycles. The van der Waals surface area contributed by atoms with Gasteiger partial charge in [0.1, 0.15) is 0 Å². The summed E-state index contributed by atoms with van der Waals surface area (Å²) in [6, 6.07) is 12.5. The number of hydrogen-bond acceptors (Lipinski definition) is 1. The van der Waals surface area contributed by atoms with Gasteiger partial charge >= 0.3 is 0 Å². The maximum atomic E-state index is 12.8. The second-order valence-corrected chi connectivity index (χ2v) is 7.19. The fraction of sp³-hybridized carbons (Fsp3) is 0.353. The molecule has 21 heavy (non-hydrogen) atoms. The minimum absolute atomic E-state index is 0.156. The normalized spacial score (nSPS) is 15.0. The molecule has 1 saturated carbocycles. The van der Waals surface area contributed by atoms with Crippen LogP contribution in [0, 0.1) is 0 Å². The van der Waals surface area contributed by atoms with E-state index < -0.39 is 0 Å². The molecule has 0 heterocycles. The molecular weight excluding hydrogens is 394 g/mol. The third kappa shape index (κ3) is 3.16. The van der Waals surface area contributed by atoms with Crippen LogP contribution in [0.4, 0.5) is 0 Å². The first-order valence-electron chi connectivity index (χ1n) is 7.25. The van der Waals surface area contributed by atoms with E-state index in [9.17, 15) is 4.79 Å². The number of hydrogen-bond donors (Lipinski definition) is 0. The van der Waals surface area contributed by atoms with Crippen LogP contribution in [0.3, 0.4) is 0 Å². The van der Waals surface area contributed by atoms with Crippen LogP contribution in [0.5, 0.6) is 0 Å². The van der Waals surface area contributed by atoms with E-state index in [0.29, 0.717) is 6.04 Å². The predicted octanol–water partition coefficient (Wildman–Crippen LogP) is 4.99. The lowest BCUT2D eigenvalue weighted by molar-refractivity contribution is 0.0600. The van der Waals surface area contributed by atoms with Gasteiger partial charge in [0, 0.05) is 28.0 Å². The van der Waals surface area contributed by atoms with Crippen molar-refractivity contribution in [1.29, 1.82) is 0 Å². The Hall–Kier alpha value is -0.870. The van der Waals surface area contributed by atoms with Gasteiger partial charge in [-0.25, -0.2) is 0 Å². The van der Waals surface area contributed by atoms with Crippen LogP contribution in [0.2, 0.25) is 0 Å². The number of amides is 1. The van der Waals surface area contributed by atoms with E-state index in [-0.39, 0.29) is 5.91 Å². The van der Waals surface area contributed by atoms with Crippen molar-refractivity contribution in [3.63, 3.8) is 0 Å². The molecule has 0 N–H and O–H groups in total. The Morgan fingerprint density at radius 2 is 1.86 bits per heavy atom. The van der Waals surface area contributed by atoms with Crippen LogP contribution in [0.1, 0.15) is 29.6 Å². The highest BCUT2D eigenvalue weighted by atomic mass is 79.9. The van der Waals surface area contributed by atoms with E-state index in [1.54, 1.807) is 0 Å². The standard InChI is InChI=1S/C17H17Br2NO/c18-8-9-20(16-2-1-3-16)17(21)14-5-4-13-11-15(19)7-6-12(13)10-14/h4-7,10-11,16H,1-3,8-9H2. The molecule has 0 unspecified atom stereocenters. The van der Waals surface area contributed by atoms with Crippen LogP contribution in [0.25, 0.3) is 10.8 Å².